The van der Waals surface area contributed by atoms with Crippen LogP contribution < -0.4 is 5.73 Å². The summed E-state index contributed by atoms with van der Waals surface area (Å²) in [4.78, 5) is 10.7. The van der Waals surface area contributed by atoms with Crippen molar-refractivity contribution < 1.29 is 9.90 Å². The van der Waals surface area contributed by atoms with E-state index in [4.69, 9.17) is 10.8 Å². The molecular formula is C14H21NO2. The van der Waals surface area contributed by atoms with Crippen LogP contribution in [0.25, 0.3) is 0 Å². The van der Waals surface area contributed by atoms with E-state index in [9.17, 15) is 4.79 Å². The highest BCUT2D eigenvalue weighted by atomic mass is 16.4. The molecule has 0 aromatic heterocycles. The molecule has 0 heterocycles. The van der Waals surface area contributed by atoms with E-state index in [1.54, 1.807) is 0 Å². The largest absolute Gasteiger partial charge is 0.481 e. The van der Waals surface area contributed by atoms with Gasteiger partial charge in [-0.3, -0.25) is 4.79 Å². The number of carboxylic acid groups (broad SMARTS) is 1. The quantitative estimate of drug-likeness (QED) is 0.822. The van der Waals surface area contributed by atoms with Crippen LogP contribution in [0.2, 0.25) is 0 Å². The fraction of sp³-hybridized carbons (Fsp3) is 0.500. The van der Waals surface area contributed by atoms with E-state index in [1.807, 2.05) is 0 Å². The Kier molecular flexibility index (Phi) is 4.70. The van der Waals surface area contributed by atoms with Crippen molar-refractivity contribution in [1.82, 2.24) is 0 Å². The third-order valence-electron chi connectivity index (χ3n) is 3.13. The minimum absolute atomic E-state index is 0.0209. The monoisotopic (exact) mass is 235 g/mol. The van der Waals surface area contributed by atoms with Crippen molar-refractivity contribution in [3.8, 4) is 0 Å². The molecule has 1 atom stereocenters. The van der Waals surface area contributed by atoms with E-state index in [0.717, 1.165) is 6.42 Å². The summed E-state index contributed by atoms with van der Waals surface area (Å²) in [5.74, 6) is -0.754. The van der Waals surface area contributed by atoms with Gasteiger partial charge in [-0.1, -0.05) is 17.7 Å². The molecule has 0 aliphatic heterocycles. The average molecular weight is 235 g/mol. The average Bonchev–Trinajstić information content (AvgIpc) is 2.20. The maximum absolute atomic E-state index is 10.7. The maximum Gasteiger partial charge on any atom is 0.303 e. The zero-order chi connectivity index (χ0) is 13.0. The van der Waals surface area contributed by atoms with Crippen molar-refractivity contribution in [2.75, 3.05) is 6.54 Å². The molecule has 0 amide bonds. The zero-order valence-electron chi connectivity index (χ0n) is 10.8. The lowest BCUT2D eigenvalue weighted by atomic mass is 9.90. The Morgan fingerprint density at radius 3 is 2.24 bits per heavy atom. The number of aryl methyl sites for hydroxylation is 3. The third kappa shape index (κ3) is 3.86. The Bertz CT molecular complexity index is 390. The summed E-state index contributed by atoms with van der Waals surface area (Å²) in [5.41, 5.74) is 10.6. The number of hydrogen-bond acceptors (Lipinski definition) is 2. The highest BCUT2D eigenvalue weighted by Crippen LogP contribution is 2.21. The molecule has 94 valence electrons. The van der Waals surface area contributed by atoms with Crippen LogP contribution in [0, 0.1) is 26.7 Å². The molecular weight excluding hydrogens is 214 g/mol. The maximum atomic E-state index is 10.7. The summed E-state index contributed by atoms with van der Waals surface area (Å²) in [5, 5.41) is 8.82. The van der Waals surface area contributed by atoms with Gasteiger partial charge in [0.25, 0.3) is 0 Å². The highest BCUT2D eigenvalue weighted by Gasteiger charge is 2.15. The van der Waals surface area contributed by atoms with Crippen LogP contribution >= 0.6 is 0 Å². The zero-order valence-corrected chi connectivity index (χ0v) is 10.8. The van der Waals surface area contributed by atoms with E-state index in [2.05, 4.69) is 32.9 Å². The van der Waals surface area contributed by atoms with Crippen LogP contribution in [0.5, 0.6) is 0 Å². The summed E-state index contributed by atoms with van der Waals surface area (Å²) in [7, 11) is 0. The first-order valence-electron chi connectivity index (χ1n) is 5.92. The van der Waals surface area contributed by atoms with Gasteiger partial charge in [0.15, 0.2) is 0 Å². The predicted molar refractivity (Wildman–Crippen MR) is 69.2 cm³/mol. The van der Waals surface area contributed by atoms with Crippen LogP contribution in [-0.2, 0) is 11.2 Å². The summed E-state index contributed by atoms with van der Waals surface area (Å²) < 4.78 is 0. The summed E-state index contributed by atoms with van der Waals surface area (Å²) in [6, 6.07) is 4.27. The first-order chi connectivity index (χ1) is 7.93. The molecule has 0 aliphatic carbocycles. The fourth-order valence-corrected chi connectivity index (χ4v) is 2.31. The van der Waals surface area contributed by atoms with Gasteiger partial charge < -0.3 is 10.8 Å². The van der Waals surface area contributed by atoms with Crippen LogP contribution in [0.3, 0.4) is 0 Å². The molecule has 0 radical (unpaired) electrons. The van der Waals surface area contributed by atoms with Gasteiger partial charge >= 0.3 is 5.97 Å². The van der Waals surface area contributed by atoms with Gasteiger partial charge in [0, 0.05) is 6.42 Å². The van der Waals surface area contributed by atoms with Crippen molar-refractivity contribution in [3.05, 3.63) is 34.4 Å². The van der Waals surface area contributed by atoms with E-state index in [0.29, 0.717) is 6.54 Å². The SMILES string of the molecule is Cc1cc(C)c(CC(CN)CC(=O)O)c(C)c1. The Morgan fingerprint density at radius 1 is 1.29 bits per heavy atom. The standard InChI is InChI=1S/C14H21NO2/c1-9-4-10(2)13(11(3)5-9)6-12(8-15)7-14(16)17/h4-5,12H,6-8,15H2,1-3H3,(H,16,17). The number of carbonyl (C=O) groups is 1. The third-order valence-corrected chi connectivity index (χ3v) is 3.13. The van der Waals surface area contributed by atoms with E-state index in [-0.39, 0.29) is 12.3 Å². The van der Waals surface area contributed by atoms with Crippen LogP contribution in [0.4, 0.5) is 0 Å². The number of rotatable bonds is 5. The molecule has 3 nitrogen and oxygen atoms in total. The fourth-order valence-electron chi connectivity index (χ4n) is 2.31. The Hall–Kier alpha value is -1.35. The van der Waals surface area contributed by atoms with Gasteiger partial charge in [0.2, 0.25) is 0 Å². The van der Waals surface area contributed by atoms with Gasteiger partial charge in [-0.2, -0.15) is 0 Å². The van der Waals surface area contributed by atoms with E-state index in [1.165, 1.54) is 22.3 Å². The molecule has 0 spiro atoms. The topological polar surface area (TPSA) is 63.3 Å². The van der Waals surface area contributed by atoms with Gasteiger partial charge in [0.05, 0.1) is 0 Å². The lowest BCUT2D eigenvalue weighted by molar-refractivity contribution is -0.138. The molecule has 17 heavy (non-hydrogen) atoms. The smallest absolute Gasteiger partial charge is 0.303 e. The number of nitrogens with two attached hydrogens (primary N) is 1. The molecule has 0 fully saturated rings. The molecule has 3 heteroatoms. The molecule has 3 N–H and O–H groups in total. The number of aliphatic carboxylic acids is 1. The summed E-state index contributed by atoms with van der Waals surface area (Å²) in [6.07, 6.45) is 0.893. The lowest BCUT2D eigenvalue weighted by Crippen LogP contribution is -2.21. The van der Waals surface area contributed by atoms with E-state index >= 15 is 0 Å². The van der Waals surface area contributed by atoms with Crippen molar-refractivity contribution in [1.29, 1.82) is 0 Å². The lowest BCUT2D eigenvalue weighted by Gasteiger charge is -2.17. The molecule has 0 saturated carbocycles. The van der Waals surface area contributed by atoms with Crippen molar-refractivity contribution in [3.63, 3.8) is 0 Å². The second kappa shape index (κ2) is 5.82. The Morgan fingerprint density at radius 2 is 1.82 bits per heavy atom. The summed E-state index contributed by atoms with van der Waals surface area (Å²) >= 11 is 0. The van der Waals surface area contributed by atoms with Crippen molar-refractivity contribution in [2.24, 2.45) is 11.7 Å². The predicted octanol–water partition coefficient (Wildman–Crippen LogP) is 2.20. The molecule has 1 rings (SSSR count). The van der Waals surface area contributed by atoms with Gasteiger partial charge in [0.1, 0.15) is 0 Å². The van der Waals surface area contributed by atoms with Crippen LogP contribution in [0.1, 0.15) is 28.7 Å². The Labute approximate surface area is 103 Å². The van der Waals surface area contributed by atoms with Crippen LogP contribution in [-0.4, -0.2) is 17.6 Å². The van der Waals surface area contributed by atoms with Gasteiger partial charge in [-0.25, -0.2) is 0 Å². The molecule has 1 unspecified atom stereocenters. The normalized spacial score (nSPS) is 12.5. The first kappa shape index (κ1) is 13.7. The van der Waals surface area contributed by atoms with Crippen molar-refractivity contribution in [2.45, 2.75) is 33.6 Å². The molecule has 0 bridgehead atoms. The summed E-state index contributed by atoms with van der Waals surface area (Å²) in [6.45, 7) is 6.63. The van der Waals surface area contributed by atoms with E-state index < -0.39 is 5.97 Å². The van der Waals surface area contributed by atoms with Gasteiger partial charge in [-0.15, -0.1) is 0 Å². The van der Waals surface area contributed by atoms with Gasteiger partial charge in [-0.05, 0) is 56.3 Å². The number of benzene rings is 1. The molecule has 1 aromatic carbocycles. The highest BCUT2D eigenvalue weighted by molar-refractivity contribution is 5.67. The Balaban J connectivity index is 2.89. The second-order valence-corrected chi connectivity index (χ2v) is 4.78. The molecule has 0 aliphatic rings. The molecule has 1 aromatic rings. The molecule has 0 saturated heterocycles. The van der Waals surface area contributed by atoms with Crippen molar-refractivity contribution >= 4 is 5.97 Å². The number of carboxylic acids is 1. The van der Waals surface area contributed by atoms with Crippen LogP contribution in [0.15, 0.2) is 12.1 Å². The number of hydrogen-bond donors (Lipinski definition) is 2. The second-order valence-electron chi connectivity index (χ2n) is 4.78. The minimum atomic E-state index is -0.775. The minimum Gasteiger partial charge on any atom is -0.481 e. The first-order valence-corrected chi connectivity index (χ1v) is 5.92.